The molecule has 0 aliphatic heterocycles. The zero-order valence-electron chi connectivity index (χ0n) is 6.99. The Morgan fingerprint density at radius 2 is 2.00 bits per heavy atom. The molecule has 1 N–H and O–H groups in total. The van der Waals surface area contributed by atoms with Gasteiger partial charge in [-0.2, -0.15) is 0 Å². The quantitative estimate of drug-likeness (QED) is 0.889. The van der Waals surface area contributed by atoms with E-state index in [2.05, 4.69) is 15.9 Å². The monoisotopic (exact) mass is 264 g/mol. The summed E-state index contributed by atoms with van der Waals surface area (Å²) in [5.74, 6) is -0.0236. The number of hydrogen-bond donors (Lipinski definition) is 1. The van der Waals surface area contributed by atoms with E-state index in [4.69, 9.17) is 5.11 Å². The topological polar surface area (TPSA) is 54.4 Å². The molecule has 0 aromatic heterocycles. The summed E-state index contributed by atoms with van der Waals surface area (Å²) < 4.78 is 23.3. The van der Waals surface area contributed by atoms with E-state index in [0.717, 1.165) is 0 Å². The number of phenolic OH excluding ortho intramolecular Hbond substituents is 1. The highest BCUT2D eigenvalue weighted by atomic mass is 79.9. The SMILES string of the molecule is CCS(=O)(=O)c1cc(O)cc(Br)c1. The number of hydrogen-bond acceptors (Lipinski definition) is 3. The van der Waals surface area contributed by atoms with Gasteiger partial charge in [-0.05, 0) is 18.2 Å². The van der Waals surface area contributed by atoms with E-state index < -0.39 is 9.84 Å². The molecule has 72 valence electrons. The average Bonchev–Trinajstić information content (AvgIpc) is 2.02. The summed E-state index contributed by atoms with van der Waals surface area (Å²) in [6.45, 7) is 1.56. The molecule has 0 spiro atoms. The van der Waals surface area contributed by atoms with Gasteiger partial charge in [0.1, 0.15) is 5.75 Å². The third-order valence-corrected chi connectivity index (χ3v) is 3.77. The summed E-state index contributed by atoms with van der Waals surface area (Å²) >= 11 is 3.11. The Kier molecular flexibility index (Phi) is 2.98. The lowest BCUT2D eigenvalue weighted by atomic mass is 10.3. The van der Waals surface area contributed by atoms with Gasteiger partial charge in [-0.1, -0.05) is 22.9 Å². The fraction of sp³-hybridized carbons (Fsp3) is 0.250. The Hall–Kier alpha value is -0.550. The van der Waals surface area contributed by atoms with E-state index in [-0.39, 0.29) is 16.4 Å². The fourth-order valence-corrected chi connectivity index (χ4v) is 2.47. The molecule has 0 unspecified atom stereocenters. The van der Waals surface area contributed by atoms with Crippen molar-refractivity contribution in [1.82, 2.24) is 0 Å². The van der Waals surface area contributed by atoms with Crippen LogP contribution in [-0.2, 0) is 9.84 Å². The van der Waals surface area contributed by atoms with Crippen LogP contribution in [0.25, 0.3) is 0 Å². The largest absolute Gasteiger partial charge is 0.508 e. The highest BCUT2D eigenvalue weighted by Crippen LogP contribution is 2.23. The van der Waals surface area contributed by atoms with Crippen molar-refractivity contribution in [3.63, 3.8) is 0 Å². The van der Waals surface area contributed by atoms with E-state index in [0.29, 0.717) is 4.47 Å². The predicted octanol–water partition coefficient (Wildman–Crippen LogP) is 1.95. The van der Waals surface area contributed by atoms with Gasteiger partial charge in [-0.25, -0.2) is 8.42 Å². The molecule has 0 fully saturated rings. The highest BCUT2D eigenvalue weighted by molar-refractivity contribution is 9.10. The zero-order valence-corrected chi connectivity index (χ0v) is 9.39. The van der Waals surface area contributed by atoms with Crippen LogP contribution in [-0.4, -0.2) is 19.3 Å². The zero-order chi connectivity index (χ0) is 10.1. The normalized spacial score (nSPS) is 11.5. The number of halogens is 1. The Bertz CT molecular complexity index is 391. The average molecular weight is 265 g/mol. The molecule has 0 saturated carbocycles. The molecule has 13 heavy (non-hydrogen) atoms. The van der Waals surface area contributed by atoms with E-state index >= 15 is 0 Å². The highest BCUT2D eigenvalue weighted by Gasteiger charge is 2.12. The summed E-state index contributed by atoms with van der Waals surface area (Å²) in [6, 6.07) is 4.15. The molecular formula is C8H9BrO3S. The second kappa shape index (κ2) is 3.67. The van der Waals surface area contributed by atoms with Gasteiger partial charge >= 0.3 is 0 Å². The summed E-state index contributed by atoms with van der Waals surface area (Å²) in [4.78, 5) is 0.141. The van der Waals surface area contributed by atoms with E-state index in [1.807, 2.05) is 0 Å². The van der Waals surface area contributed by atoms with Crippen molar-refractivity contribution < 1.29 is 13.5 Å². The first-order valence-electron chi connectivity index (χ1n) is 3.68. The molecule has 1 rings (SSSR count). The molecule has 0 saturated heterocycles. The van der Waals surface area contributed by atoms with Crippen LogP contribution in [0.5, 0.6) is 5.75 Å². The predicted molar refractivity (Wildman–Crippen MR) is 53.5 cm³/mol. The number of rotatable bonds is 2. The van der Waals surface area contributed by atoms with Crippen LogP contribution in [0.3, 0.4) is 0 Å². The van der Waals surface area contributed by atoms with E-state index in [1.54, 1.807) is 6.92 Å². The second-order valence-electron chi connectivity index (χ2n) is 2.55. The van der Waals surface area contributed by atoms with Crippen molar-refractivity contribution in [1.29, 1.82) is 0 Å². The van der Waals surface area contributed by atoms with Crippen molar-refractivity contribution >= 4 is 25.8 Å². The van der Waals surface area contributed by atoms with Crippen LogP contribution in [0.1, 0.15) is 6.92 Å². The van der Waals surface area contributed by atoms with Gasteiger partial charge in [0, 0.05) is 4.47 Å². The molecule has 0 amide bonds. The van der Waals surface area contributed by atoms with Crippen LogP contribution < -0.4 is 0 Å². The van der Waals surface area contributed by atoms with Crippen LogP contribution in [0.15, 0.2) is 27.6 Å². The molecule has 1 aromatic carbocycles. The maximum absolute atomic E-state index is 11.4. The molecule has 0 aliphatic carbocycles. The van der Waals surface area contributed by atoms with Crippen LogP contribution in [0.2, 0.25) is 0 Å². The molecule has 1 aromatic rings. The third-order valence-electron chi connectivity index (χ3n) is 1.60. The van der Waals surface area contributed by atoms with E-state index in [1.165, 1.54) is 18.2 Å². The van der Waals surface area contributed by atoms with Crippen LogP contribution >= 0.6 is 15.9 Å². The lowest BCUT2D eigenvalue weighted by Gasteiger charge is -2.02. The van der Waals surface area contributed by atoms with Crippen molar-refractivity contribution in [2.45, 2.75) is 11.8 Å². The van der Waals surface area contributed by atoms with Gasteiger partial charge in [-0.15, -0.1) is 0 Å². The maximum atomic E-state index is 11.4. The smallest absolute Gasteiger partial charge is 0.178 e. The lowest BCUT2D eigenvalue weighted by Crippen LogP contribution is -2.03. The molecular weight excluding hydrogens is 256 g/mol. The van der Waals surface area contributed by atoms with Crippen molar-refractivity contribution in [3.8, 4) is 5.75 Å². The first kappa shape index (κ1) is 10.5. The number of aromatic hydroxyl groups is 1. The minimum absolute atomic E-state index is 0.0306. The molecule has 0 bridgehead atoms. The molecule has 5 heteroatoms. The van der Waals surface area contributed by atoms with Crippen LogP contribution in [0.4, 0.5) is 0 Å². The molecule has 0 radical (unpaired) electrons. The Morgan fingerprint density at radius 3 is 2.46 bits per heavy atom. The van der Waals surface area contributed by atoms with Gasteiger partial charge in [0.15, 0.2) is 9.84 Å². The first-order chi connectivity index (χ1) is 5.95. The number of benzene rings is 1. The summed E-state index contributed by atoms with van der Waals surface area (Å²) in [6.07, 6.45) is 0. The third kappa shape index (κ3) is 2.45. The summed E-state index contributed by atoms with van der Waals surface area (Å²) in [7, 11) is -3.23. The van der Waals surface area contributed by atoms with Crippen LogP contribution in [0, 0.1) is 0 Å². The molecule has 0 heterocycles. The minimum Gasteiger partial charge on any atom is -0.508 e. The second-order valence-corrected chi connectivity index (χ2v) is 5.74. The van der Waals surface area contributed by atoms with Gasteiger partial charge < -0.3 is 5.11 Å². The Balaban J connectivity index is 3.32. The van der Waals surface area contributed by atoms with Crippen molar-refractivity contribution in [2.24, 2.45) is 0 Å². The van der Waals surface area contributed by atoms with Crippen molar-refractivity contribution in [3.05, 3.63) is 22.7 Å². The molecule has 0 aliphatic rings. The number of sulfone groups is 1. The number of phenols is 1. The van der Waals surface area contributed by atoms with Gasteiger partial charge in [0.2, 0.25) is 0 Å². The van der Waals surface area contributed by atoms with E-state index in [9.17, 15) is 8.42 Å². The molecule has 0 atom stereocenters. The molecule has 3 nitrogen and oxygen atoms in total. The summed E-state index contributed by atoms with van der Waals surface area (Å²) in [5.41, 5.74) is 0. The maximum Gasteiger partial charge on any atom is 0.178 e. The first-order valence-corrected chi connectivity index (χ1v) is 6.12. The minimum atomic E-state index is -3.23. The van der Waals surface area contributed by atoms with Gasteiger partial charge in [-0.3, -0.25) is 0 Å². The van der Waals surface area contributed by atoms with Crippen molar-refractivity contribution in [2.75, 3.05) is 5.75 Å². The Morgan fingerprint density at radius 1 is 1.38 bits per heavy atom. The Labute approximate surface area is 85.4 Å². The summed E-state index contributed by atoms with van der Waals surface area (Å²) in [5, 5.41) is 9.16. The fourth-order valence-electron chi connectivity index (χ4n) is 0.894. The van der Waals surface area contributed by atoms with Gasteiger partial charge in [0.25, 0.3) is 0 Å². The standard InChI is InChI=1S/C8H9BrO3S/c1-2-13(11,12)8-4-6(9)3-7(10)5-8/h3-5,10H,2H2,1H3. The lowest BCUT2D eigenvalue weighted by molar-refractivity contribution is 0.472. The van der Waals surface area contributed by atoms with Gasteiger partial charge in [0.05, 0.1) is 10.6 Å².